The second-order valence-corrected chi connectivity index (χ2v) is 2.21. The molecule has 0 amide bonds. The van der Waals surface area contributed by atoms with E-state index in [0.29, 0.717) is 6.79 Å². The molecule has 1 aromatic rings. The lowest BCUT2D eigenvalue weighted by atomic mass is 10.3. The van der Waals surface area contributed by atoms with E-state index in [1.54, 1.807) is 6.07 Å². The zero-order chi connectivity index (χ0) is 7.68. The SMILES string of the molecule is Cl.NNc1ccc2c(c1)OCO2. The third-order valence-corrected chi connectivity index (χ3v) is 1.54. The van der Waals surface area contributed by atoms with E-state index < -0.39 is 0 Å². The number of ether oxygens (including phenoxy) is 2. The van der Waals surface area contributed by atoms with Crippen molar-refractivity contribution < 1.29 is 9.47 Å². The standard InChI is InChI=1S/C7H8N2O2.ClH/c8-9-5-1-2-6-7(3-5)11-4-10-6;/h1-3,9H,4,8H2;1H. The Balaban J connectivity index is 0.000000720. The van der Waals surface area contributed by atoms with Crippen LogP contribution in [0.1, 0.15) is 0 Å². The lowest BCUT2D eigenvalue weighted by Crippen LogP contribution is -2.05. The van der Waals surface area contributed by atoms with Crippen LogP contribution in [0.25, 0.3) is 0 Å². The van der Waals surface area contributed by atoms with Crippen molar-refractivity contribution in [1.29, 1.82) is 0 Å². The van der Waals surface area contributed by atoms with Crippen molar-refractivity contribution in [2.75, 3.05) is 12.2 Å². The van der Waals surface area contributed by atoms with Crippen LogP contribution in [-0.2, 0) is 0 Å². The number of nitrogen functional groups attached to an aromatic ring is 1. The lowest BCUT2D eigenvalue weighted by Gasteiger charge is -1.99. The highest BCUT2D eigenvalue weighted by Crippen LogP contribution is 2.33. The Morgan fingerprint density at radius 3 is 2.75 bits per heavy atom. The fourth-order valence-corrected chi connectivity index (χ4v) is 0.986. The van der Waals surface area contributed by atoms with Crippen LogP contribution < -0.4 is 20.7 Å². The molecule has 0 fully saturated rings. The Labute approximate surface area is 76.0 Å². The van der Waals surface area contributed by atoms with Gasteiger partial charge in [-0.1, -0.05) is 0 Å². The van der Waals surface area contributed by atoms with Gasteiger partial charge in [0.2, 0.25) is 6.79 Å². The molecule has 0 radical (unpaired) electrons. The van der Waals surface area contributed by atoms with Crippen LogP contribution in [0.5, 0.6) is 11.5 Å². The third-order valence-electron chi connectivity index (χ3n) is 1.54. The van der Waals surface area contributed by atoms with Crippen molar-refractivity contribution >= 4 is 18.1 Å². The molecule has 0 aliphatic carbocycles. The lowest BCUT2D eigenvalue weighted by molar-refractivity contribution is 0.174. The number of rotatable bonds is 1. The summed E-state index contributed by atoms with van der Waals surface area (Å²) >= 11 is 0. The van der Waals surface area contributed by atoms with E-state index >= 15 is 0 Å². The molecule has 1 aliphatic heterocycles. The van der Waals surface area contributed by atoms with Gasteiger partial charge in [-0.05, 0) is 12.1 Å². The van der Waals surface area contributed by atoms with Crippen LogP contribution in [0.15, 0.2) is 18.2 Å². The second kappa shape index (κ2) is 3.51. The molecule has 0 aromatic heterocycles. The topological polar surface area (TPSA) is 56.5 Å². The molecule has 3 N–H and O–H groups in total. The van der Waals surface area contributed by atoms with Gasteiger partial charge in [-0.2, -0.15) is 0 Å². The molecule has 2 rings (SSSR count). The average molecular weight is 189 g/mol. The Bertz CT molecular complexity index is 280. The summed E-state index contributed by atoms with van der Waals surface area (Å²) in [4.78, 5) is 0. The minimum atomic E-state index is 0. The van der Waals surface area contributed by atoms with Gasteiger partial charge in [-0.15, -0.1) is 12.4 Å². The van der Waals surface area contributed by atoms with Crippen molar-refractivity contribution in [2.45, 2.75) is 0 Å². The Morgan fingerprint density at radius 2 is 2.00 bits per heavy atom. The van der Waals surface area contributed by atoms with Crippen LogP contribution >= 0.6 is 12.4 Å². The van der Waals surface area contributed by atoms with Crippen molar-refractivity contribution in [3.05, 3.63) is 18.2 Å². The predicted molar refractivity (Wildman–Crippen MR) is 47.6 cm³/mol. The van der Waals surface area contributed by atoms with Crippen LogP contribution in [0.4, 0.5) is 5.69 Å². The van der Waals surface area contributed by atoms with Gasteiger partial charge < -0.3 is 14.9 Å². The number of benzene rings is 1. The van der Waals surface area contributed by atoms with Crippen molar-refractivity contribution in [2.24, 2.45) is 5.84 Å². The van der Waals surface area contributed by atoms with E-state index in [4.69, 9.17) is 15.3 Å². The Hall–Kier alpha value is -1.13. The first kappa shape index (κ1) is 8.96. The number of hydrogen-bond donors (Lipinski definition) is 2. The molecule has 1 aliphatic rings. The minimum absolute atomic E-state index is 0. The molecule has 0 bridgehead atoms. The smallest absolute Gasteiger partial charge is 0.231 e. The molecular formula is C7H9ClN2O2. The summed E-state index contributed by atoms with van der Waals surface area (Å²) in [5.41, 5.74) is 3.34. The molecule has 5 heteroatoms. The first-order valence-corrected chi connectivity index (χ1v) is 3.26. The molecule has 1 aromatic carbocycles. The van der Waals surface area contributed by atoms with Gasteiger partial charge in [0.05, 0.1) is 5.69 Å². The van der Waals surface area contributed by atoms with E-state index in [1.165, 1.54) is 0 Å². The third kappa shape index (κ3) is 1.39. The quantitative estimate of drug-likeness (QED) is 0.512. The van der Waals surface area contributed by atoms with E-state index in [9.17, 15) is 0 Å². The zero-order valence-electron chi connectivity index (χ0n) is 6.24. The minimum Gasteiger partial charge on any atom is -0.454 e. The summed E-state index contributed by atoms with van der Waals surface area (Å²) in [6, 6.07) is 5.44. The first-order valence-electron chi connectivity index (χ1n) is 3.26. The fourth-order valence-electron chi connectivity index (χ4n) is 0.986. The van der Waals surface area contributed by atoms with Crippen LogP contribution in [0, 0.1) is 0 Å². The average Bonchev–Trinajstić information content (AvgIpc) is 2.50. The maximum absolute atomic E-state index is 5.20. The van der Waals surface area contributed by atoms with Crippen LogP contribution in [0.3, 0.4) is 0 Å². The highest BCUT2D eigenvalue weighted by molar-refractivity contribution is 5.85. The van der Waals surface area contributed by atoms with E-state index in [-0.39, 0.29) is 12.4 Å². The predicted octanol–water partition coefficient (Wildman–Crippen LogP) is 1.12. The summed E-state index contributed by atoms with van der Waals surface area (Å²) in [6.45, 7) is 0.295. The maximum Gasteiger partial charge on any atom is 0.231 e. The maximum atomic E-state index is 5.20. The van der Waals surface area contributed by atoms with Gasteiger partial charge in [0.15, 0.2) is 11.5 Å². The molecule has 0 unspecified atom stereocenters. The summed E-state index contributed by atoms with van der Waals surface area (Å²) < 4.78 is 10.2. The van der Waals surface area contributed by atoms with Crippen molar-refractivity contribution in [3.8, 4) is 11.5 Å². The molecule has 1 heterocycles. The molecular weight excluding hydrogens is 180 g/mol. The monoisotopic (exact) mass is 188 g/mol. The number of nitrogens with one attached hydrogen (secondary N) is 1. The Morgan fingerprint density at radius 1 is 1.25 bits per heavy atom. The summed E-state index contributed by atoms with van der Waals surface area (Å²) in [5, 5.41) is 0. The van der Waals surface area contributed by atoms with Crippen molar-refractivity contribution in [3.63, 3.8) is 0 Å². The van der Waals surface area contributed by atoms with Gasteiger partial charge in [0.25, 0.3) is 0 Å². The van der Waals surface area contributed by atoms with E-state index in [2.05, 4.69) is 5.43 Å². The van der Waals surface area contributed by atoms with Crippen molar-refractivity contribution in [1.82, 2.24) is 0 Å². The number of anilines is 1. The summed E-state index contributed by atoms with van der Waals surface area (Å²) in [6.07, 6.45) is 0. The first-order chi connectivity index (χ1) is 5.40. The number of halogens is 1. The van der Waals surface area contributed by atoms with E-state index in [0.717, 1.165) is 17.2 Å². The van der Waals surface area contributed by atoms with Crippen LogP contribution in [0.2, 0.25) is 0 Å². The largest absolute Gasteiger partial charge is 0.454 e. The molecule has 0 atom stereocenters. The Kier molecular flexibility index (Phi) is 2.62. The molecule has 12 heavy (non-hydrogen) atoms. The zero-order valence-corrected chi connectivity index (χ0v) is 7.06. The number of fused-ring (bicyclic) bond motifs is 1. The molecule has 0 saturated heterocycles. The molecule has 66 valence electrons. The highest BCUT2D eigenvalue weighted by Gasteiger charge is 2.12. The number of nitrogens with two attached hydrogens (primary N) is 1. The highest BCUT2D eigenvalue weighted by atomic mass is 35.5. The normalized spacial score (nSPS) is 12.1. The van der Waals surface area contributed by atoms with Gasteiger partial charge in [0, 0.05) is 6.07 Å². The summed E-state index contributed by atoms with van der Waals surface area (Å²) in [5.74, 6) is 6.70. The number of hydrazine groups is 1. The molecule has 0 spiro atoms. The molecule has 4 nitrogen and oxygen atoms in total. The van der Waals surface area contributed by atoms with Gasteiger partial charge in [0.1, 0.15) is 0 Å². The van der Waals surface area contributed by atoms with E-state index in [1.807, 2.05) is 12.1 Å². The van der Waals surface area contributed by atoms with Gasteiger partial charge >= 0.3 is 0 Å². The second-order valence-electron chi connectivity index (χ2n) is 2.21. The van der Waals surface area contributed by atoms with Gasteiger partial charge in [-0.25, -0.2) is 0 Å². The number of hydrogen-bond acceptors (Lipinski definition) is 4. The fraction of sp³-hybridized carbons (Fsp3) is 0.143. The van der Waals surface area contributed by atoms with Crippen LogP contribution in [-0.4, -0.2) is 6.79 Å². The van der Waals surface area contributed by atoms with Gasteiger partial charge in [-0.3, -0.25) is 5.84 Å². The molecule has 0 saturated carbocycles. The summed E-state index contributed by atoms with van der Waals surface area (Å²) in [7, 11) is 0.